The molecule has 3 aromatic rings. The molecule has 6 nitrogen and oxygen atoms in total. The van der Waals surface area contributed by atoms with Gasteiger partial charge in [-0.05, 0) is 68.7 Å². The summed E-state index contributed by atoms with van der Waals surface area (Å²) in [6, 6.07) is 8.74. The quantitative estimate of drug-likeness (QED) is 0.430. The highest BCUT2D eigenvalue weighted by Gasteiger charge is 2.17. The summed E-state index contributed by atoms with van der Waals surface area (Å²) in [6.07, 6.45) is 2.56. The average molecular weight is 482 g/mol. The number of sulfonamides is 1. The molecule has 1 aromatic heterocycles. The van der Waals surface area contributed by atoms with Crippen LogP contribution in [0.5, 0.6) is 0 Å². The molecule has 31 heavy (non-hydrogen) atoms. The first-order valence-corrected chi connectivity index (χ1v) is 12.3. The van der Waals surface area contributed by atoms with Gasteiger partial charge in [-0.1, -0.05) is 11.6 Å². The molecule has 2 aromatic carbocycles. The number of rotatable bonds is 9. The van der Waals surface area contributed by atoms with Crippen molar-refractivity contribution < 1.29 is 17.6 Å². The number of nitrogens with one attached hydrogen (secondary N) is 2. The maximum absolute atomic E-state index is 13.1. The summed E-state index contributed by atoms with van der Waals surface area (Å²) in [6.45, 7) is 2.45. The Kier molecular flexibility index (Phi) is 7.64. The maximum atomic E-state index is 13.1. The van der Waals surface area contributed by atoms with E-state index in [-0.39, 0.29) is 27.1 Å². The molecule has 2 N–H and O–H groups in total. The third-order valence-electron chi connectivity index (χ3n) is 4.37. The molecular formula is C21H21ClFN3O3S2. The second kappa shape index (κ2) is 10.2. The van der Waals surface area contributed by atoms with Gasteiger partial charge in [-0.3, -0.25) is 9.52 Å². The molecule has 0 aliphatic carbocycles. The average Bonchev–Trinajstić information content (AvgIpc) is 3.14. The predicted octanol–water partition coefficient (Wildman–Crippen LogP) is 4.80. The zero-order valence-electron chi connectivity index (χ0n) is 16.7. The van der Waals surface area contributed by atoms with Crippen LogP contribution in [-0.4, -0.2) is 25.9 Å². The smallest absolute Gasteiger partial charge is 0.261 e. The van der Waals surface area contributed by atoms with E-state index in [0.29, 0.717) is 6.54 Å². The van der Waals surface area contributed by atoms with Gasteiger partial charge in [0.25, 0.3) is 15.9 Å². The van der Waals surface area contributed by atoms with Crippen molar-refractivity contribution in [3.05, 3.63) is 74.9 Å². The summed E-state index contributed by atoms with van der Waals surface area (Å²) < 4.78 is 40.4. The Balaban J connectivity index is 1.58. The van der Waals surface area contributed by atoms with Crippen molar-refractivity contribution in [3.8, 4) is 0 Å². The Morgan fingerprint density at radius 2 is 1.90 bits per heavy atom. The SMILES string of the molecule is Cc1csc(CCCCNC(=O)c2ccc(Cl)c(NS(=O)(=O)c3ccc(F)cc3)c2)n1. The van der Waals surface area contributed by atoms with E-state index in [9.17, 15) is 17.6 Å². The molecule has 0 aliphatic heterocycles. The van der Waals surface area contributed by atoms with Crippen LogP contribution < -0.4 is 10.0 Å². The lowest BCUT2D eigenvalue weighted by Crippen LogP contribution is -2.24. The molecule has 1 amide bonds. The van der Waals surface area contributed by atoms with Gasteiger partial charge in [-0.15, -0.1) is 11.3 Å². The van der Waals surface area contributed by atoms with Crippen LogP contribution in [0.25, 0.3) is 0 Å². The number of carbonyl (C=O) groups is 1. The number of benzene rings is 2. The summed E-state index contributed by atoms with van der Waals surface area (Å²) in [5.74, 6) is -0.874. The Hall–Kier alpha value is -2.49. The summed E-state index contributed by atoms with van der Waals surface area (Å²) in [5.41, 5.74) is 1.36. The highest BCUT2D eigenvalue weighted by molar-refractivity contribution is 7.92. The summed E-state index contributed by atoms with van der Waals surface area (Å²) in [7, 11) is -3.98. The van der Waals surface area contributed by atoms with Crippen LogP contribution in [0.1, 0.15) is 33.9 Å². The monoisotopic (exact) mass is 481 g/mol. The van der Waals surface area contributed by atoms with Gasteiger partial charge in [0.2, 0.25) is 0 Å². The van der Waals surface area contributed by atoms with E-state index in [1.165, 1.54) is 18.2 Å². The van der Waals surface area contributed by atoms with Crippen LogP contribution in [0.4, 0.5) is 10.1 Å². The minimum atomic E-state index is -3.98. The zero-order chi connectivity index (χ0) is 22.4. The molecule has 164 valence electrons. The number of hydrogen-bond acceptors (Lipinski definition) is 5. The topological polar surface area (TPSA) is 88.2 Å². The number of unbranched alkanes of at least 4 members (excludes halogenated alkanes) is 1. The minimum Gasteiger partial charge on any atom is -0.352 e. The lowest BCUT2D eigenvalue weighted by Gasteiger charge is -2.12. The first-order chi connectivity index (χ1) is 14.7. The second-order valence-corrected chi connectivity index (χ2v) is 9.88. The van der Waals surface area contributed by atoms with E-state index in [0.717, 1.165) is 54.2 Å². The Morgan fingerprint density at radius 3 is 2.58 bits per heavy atom. The van der Waals surface area contributed by atoms with Crippen molar-refractivity contribution in [1.82, 2.24) is 10.3 Å². The van der Waals surface area contributed by atoms with Gasteiger partial charge in [0.05, 0.1) is 20.6 Å². The van der Waals surface area contributed by atoms with Crippen molar-refractivity contribution in [2.75, 3.05) is 11.3 Å². The first-order valence-electron chi connectivity index (χ1n) is 9.52. The molecule has 0 unspecified atom stereocenters. The van der Waals surface area contributed by atoms with Crippen molar-refractivity contribution >= 4 is 44.6 Å². The van der Waals surface area contributed by atoms with Crippen LogP contribution >= 0.6 is 22.9 Å². The van der Waals surface area contributed by atoms with E-state index in [1.54, 1.807) is 11.3 Å². The highest BCUT2D eigenvalue weighted by Crippen LogP contribution is 2.26. The molecule has 0 spiro atoms. The van der Waals surface area contributed by atoms with Crippen LogP contribution in [0.15, 0.2) is 52.7 Å². The van der Waals surface area contributed by atoms with Crippen LogP contribution in [-0.2, 0) is 16.4 Å². The Labute approximate surface area is 189 Å². The molecule has 0 saturated carbocycles. The molecule has 0 saturated heterocycles. The molecule has 0 atom stereocenters. The molecule has 0 fully saturated rings. The molecule has 0 radical (unpaired) electrons. The van der Waals surface area contributed by atoms with Crippen LogP contribution in [0.2, 0.25) is 5.02 Å². The van der Waals surface area contributed by atoms with E-state index >= 15 is 0 Å². The maximum Gasteiger partial charge on any atom is 0.261 e. The Morgan fingerprint density at radius 1 is 1.16 bits per heavy atom. The summed E-state index contributed by atoms with van der Waals surface area (Å²) >= 11 is 7.73. The predicted molar refractivity (Wildman–Crippen MR) is 121 cm³/mol. The number of anilines is 1. The third-order valence-corrected chi connectivity index (χ3v) is 7.10. The second-order valence-electron chi connectivity index (χ2n) is 6.85. The number of hydrogen-bond donors (Lipinski definition) is 2. The van der Waals surface area contributed by atoms with Gasteiger partial charge in [-0.25, -0.2) is 17.8 Å². The fourth-order valence-corrected chi connectivity index (χ4v) is 4.89. The summed E-state index contributed by atoms with van der Waals surface area (Å²) in [4.78, 5) is 16.7. The molecule has 3 rings (SSSR count). The standard InChI is InChI=1S/C21H21ClFN3O3S2/c1-14-13-30-20(25-14)4-2-3-11-24-21(27)15-5-10-18(22)19(12-15)26-31(28,29)17-8-6-16(23)7-9-17/h5-10,12-13,26H,2-4,11H2,1H3,(H,24,27). The number of carbonyl (C=O) groups excluding carboxylic acids is 1. The van der Waals surface area contributed by atoms with Crippen LogP contribution in [0.3, 0.4) is 0 Å². The van der Waals surface area contributed by atoms with Crippen molar-refractivity contribution in [2.45, 2.75) is 31.1 Å². The normalized spacial score (nSPS) is 11.3. The molecular weight excluding hydrogens is 461 g/mol. The van der Waals surface area contributed by atoms with E-state index in [2.05, 4.69) is 15.0 Å². The van der Waals surface area contributed by atoms with Gasteiger partial charge in [0, 0.05) is 23.2 Å². The fraction of sp³-hybridized carbons (Fsp3) is 0.238. The fourth-order valence-electron chi connectivity index (χ4n) is 2.78. The van der Waals surface area contributed by atoms with Gasteiger partial charge in [0.15, 0.2) is 0 Å². The summed E-state index contributed by atoms with van der Waals surface area (Å²) in [5, 5.41) is 6.06. The molecule has 0 aliphatic rings. The van der Waals surface area contributed by atoms with Crippen molar-refractivity contribution in [1.29, 1.82) is 0 Å². The van der Waals surface area contributed by atoms with Gasteiger partial charge in [-0.2, -0.15) is 0 Å². The van der Waals surface area contributed by atoms with Crippen molar-refractivity contribution in [3.63, 3.8) is 0 Å². The Bertz CT molecular complexity index is 1160. The lowest BCUT2D eigenvalue weighted by molar-refractivity contribution is 0.0953. The minimum absolute atomic E-state index is 0.0674. The van der Waals surface area contributed by atoms with Gasteiger partial charge < -0.3 is 5.32 Å². The largest absolute Gasteiger partial charge is 0.352 e. The van der Waals surface area contributed by atoms with Gasteiger partial charge in [0.1, 0.15) is 5.82 Å². The van der Waals surface area contributed by atoms with E-state index in [4.69, 9.17) is 11.6 Å². The van der Waals surface area contributed by atoms with Crippen LogP contribution in [0, 0.1) is 12.7 Å². The lowest BCUT2D eigenvalue weighted by atomic mass is 10.2. The number of thiazole rings is 1. The number of nitrogens with zero attached hydrogens (tertiary/aromatic N) is 1. The first kappa shape index (κ1) is 23.2. The number of aromatic nitrogens is 1. The van der Waals surface area contributed by atoms with E-state index in [1.807, 2.05) is 12.3 Å². The van der Waals surface area contributed by atoms with Gasteiger partial charge >= 0.3 is 0 Å². The van der Waals surface area contributed by atoms with Crippen molar-refractivity contribution in [2.24, 2.45) is 0 Å². The molecule has 10 heteroatoms. The zero-order valence-corrected chi connectivity index (χ0v) is 19.1. The van der Waals surface area contributed by atoms with E-state index < -0.39 is 15.8 Å². The number of aryl methyl sites for hydroxylation is 2. The number of halogens is 2. The molecule has 1 heterocycles. The molecule has 0 bridgehead atoms. The number of amides is 1. The highest BCUT2D eigenvalue weighted by atomic mass is 35.5. The third kappa shape index (κ3) is 6.49.